The Morgan fingerprint density at radius 3 is 3.05 bits per heavy atom. The molecule has 0 aliphatic heterocycles. The maximum atomic E-state index is 11.6. The summed E-state index contributed by atoms with van der Waals surface area (Å²) >= 11 is 1.69. The molecule has 0 bridgehead atoms. The van der Waals surface area contributed by atoms with Crippen molar-refractivity contribution in [2.75, 3.05) is 18.4 Å². The Morgan fingerprint density at radius 1 is 1.38 bits per heavy atom. The second kappa shape index (κ2) is 5.94. The maximum absolute atomic E-state index is 11.6. The minimum absolute atomic E-state index is 0.309. The zero-order valence-corrected chi connectivity index (χ0v) is 12.0. The highest BCUT2D eigenvalue weighted by molar-refractivity contribution is 7.13. The Balaban J connectivity index is 1.84. The molecule has 7 heteroatoms. The molecule has 2 aromatic heterocycles. The molecule has 0 unspecified atom stereocenters. The normalized spacial score (nSPS) is 10.7. The van der Waals surface area contributed by atoms with Crippen LogP contribution < -0.4 is 16.4 Å². The average molecular weight is 301 g/mol. The maximum Gasteiger partial charge on any atom is 0.320 e. The summed E-state index contributed by atoms with van der Waals surface area (Å²) in [6.45, 7) is 0.829. The number of benzene rings is 1. The minimum Gasteiger partial charge on any atom is -0.337 e. The van der Waals surface area contributed by atoms with Crippen LogP contribution in [0.1, 0.15) is 0 Å². The van der Waals surface area contributed by atoms with Gasteiger partial charge in [0.25, 0.3) is 0 Å². The fourth-order valence-electron chi connectivity index (χ4n) is 2.05. The zero-order chi connectivity index (χ0) is 14.7. The highest BCUT2D eigenvalue weighted by Gasteiger charge is 2.10. The minimum atomic E-state index is -0.309. The summed E-state index contributed by atoms with van der Waals surface area (Å²) in [4.78, 5) is 12.8. The number of H-pyrrole nitrogens is 1. The first kappa shape index (κ1) is 13.6. The van der Waals surface area contributed by atoms with Gasteiger partial charge in [-0.05, 0) is 29.1 Å². The summed E-state index contributed by atoms with van der Waals surface area (Å²) < 4.78 is 0. The van der Waals surface area contributed by atoms with E-state index in [0.717, 1.165) is 16.5 Å². The molecular weight excluding hydrogens is 286 g/mol. The van der Waals surface area contributed by atoms with E-state index >= 15 is 0 Å². The number of hydrogen-bond donors (Lipinski definition) is 4. The van der Waals surface area contributed by atoms with Crippen LogP contribution in [0, 0.1) is 0 Å². The monoisotopic (exact) mass is 301 g/mol. The van der Waals surface area contributed by atoms with Crippen molar-refractivity contribution in [2.45, 2.75) is 0 Å². The van der Waals surface area contributed by atoms with E-state index in [9.17, 15) is 4.79 Å². The summed E-state index contributed by atoms with van der Waals surface area (Å²) in [5.41, 5.74) is 7.35. The number of urea groups is 1. The molecule has 5 N–H and O–H groups in total. The van der Waals surface area contributed by atoms with Crippen LogP contribution in [0.15, 0.2) is 35.7 Å². The van der Waals surface area contributed by atoms with Crippen LogP contribution in [0.4, 0.5) is 10.6 Å². The number of aromatic nitrogens is 2. The van der Waals surface area contributed by atoms with Crippen molar-refractivity contribution >= 4 is 34.1 Å². The Morgan fingerprint density at radius 2 is 2.29 bits per heavy atom. The molecule has 1 aromatic carbocycles. The number of carbonyl (C=O) groups is 1. The Hall–Kier alpha value is -2.38. The number of anilines is 1. The Labute approximate surface area is 125 Å². The molecule has 0 aliphatic carbocycles. The van der Waals surface area contributed by atoms with Gasteiger partial charge in [0.15, 0.2) is 5.82 Å². The summed E-state index contributed by atoms with van der Waals surface area (Å²) in [6, 6.07) is 9.78. The van der Waals surface area contributed by atoms with Gasteiger partial charge < -0.3 is 11.1 Å². The molecule has 0 atom stereocenters. The average Bonchev–Trinajstić information content (AvgIpc) is 3.15. The number of rotatable bonds is 4. The van der Waals surface area contributed by atoms with E-state index in [1.165, 1.54) is 4.88 Å². The van der Waals surface area contributed by atoms with Crippen molar-refractivity contribution in [1.29, 1.82) is 0 Å². The van der Waals surface area contributed by atoms with E-state index in [0.29, 0.717) is 18.9 Å². The van der Waals surface area contributed by atoms with Crippen molar-refractivity contribution in [3.05, 3.63) is 35.7 Å². The van der Waals surface area contributed by atoms with Crippen LogP contribution in [0.2, 0.25) is 0 Å². The first-order valence-corrected chi connectivity index (χ1v) is 7.43. The van der Waals surface area contributed by atoms with Crippen molar-refractivity contribution < 1.29 is 4.79 Å². The molecule has 0 radical (unpaired) electrons. The lowest BCUT2D eigenvalue weighted by Crippen LogP contribution is -2.33. The lowest BCUT2D eigenvalue weighted by atomic mass is 10.1. The highest BCUT2D eigenvalue weighted by atomic mass is 32.1. The van der Waals surface area contributed by atoms with Gasteiger partial charge in [-0.1, -0.05) is 12.1 Å². The molecule has 0 saturated heterocycles. The quantitative estimate of drug-likeness (QED) is 0.595. The van der Waals surface area contributed by atoms with E-state index in [1.807, 2.05) is 29.6 Å². The van der Waals surface area contributed by atoms with E-state index in [1.54, 1.807) is 11.3 Å². The van der Waals surface area contributed by atoms with E-state index < -0.39 is 0 Å². The van der Waals surface area contributed by atoms with Gasteiger partial charge in [-0.3, -0.25) is 10.4 Å². The van der Waals surface area contributed by atoms with Gasteiger partial charge >= 0.3 is 6.03 Å². The first-order chi connectivity index (χ1) is 10.3. The number of nitrogens with zero attached hydrogens (tertiary/aromatic N) is 1. The molecule has 2 amide bonds. The molecule has 0 saturated carbocycles. The zero-order valence-electron chi connectivity index (χ0n) is 11.2. The SMILES string of the molecule is NCCNC(=O)Nc1n[nH]c2cc(-c3cccs3)ccc12. The van der Waals surface area contributed by atoms with Gasteiger partial charge in [0.05, 0.1) is 5.52 Å². The standard InChI is InChI=1S/C14H15N5OS/c15-5-6-16-14(20)17-13-10-4-3-9(8-11(10)18-19-13)12-2-1-7-21-12/h1-4,7-8H,5-6,15H2,(H3,16,17,18,19,20). The number of aromatic amines is 1. The number of hydrogen-bond acceptors (Lipinski definition) is 4. The molecule has 21 heavy (non-hydrogen) atoms. The molecule has 0 spiro atoms. The highest BCUT2D eigenvalue weighted by Crippen LogP contribution is 2.29. The molecule has 108 valence electrons. The number of amides is 2. The van der Waals surface area contributed by atoms with Crippen LogP contribution in [0.3, 0.4) is 0 Å². The Kier molecular flexibility index (Phi) is 3.85. The van der Waals surface area contributed by atoms with Crippen LogP contribution >= 0.6 is 11.3 Å². The van der Waals surface area contributed by atoms with Gasteiger partial charge in [-0.2, -0.15) is 5.10 Å². The molecule has 0 aliphatic rings. The summed E-state index contributed by atoms with van der Waals surface area (Å²) in [5.74, 6) is 0.511. The van der Waals surface area contributed by atoms with Crippen LogP contribution in [0.25, 0.3) is 21.3 Å². The van der Waals surface area contributed by atoms with Crippen LogP contribution in [-0.2, 0) is 0 Å². The predicted molar refractivity (Wildman–Crippen MR) is 85.5 cm³/mol. The number of thiophene rings is 1. The third kappa shape index (κ3) is 2.88. The van der Waals surface area contributed by atoms with Crippen LogP contribution in [0.5, 0.6) is 0 Å². The van der Waals surface area contributed by atoms with E-state index in [-0.39, 0.29) is 6.03 Å². The van der Waals surface area contributed by atoms with Crippen molar-refractivity contribution in [3.63, 3.8) is 0 Å². The van der Waals surface area contributed by atoms with Gasteiger partial charge in [0.2, 0.25) is 0 Å². The molecule has 3 aromatic rings. The molecule has 0 fully saturated rings. The predicted octanol–water partition coefficient (Wildman–Crippen LogP) is 2.37. The fraction of sp³-hybridized carbons (Fsp3) is 0.143. The second-order valence-electron chi connectivity index (χ2n) is 4.48. The van der Waals surface area contributed by atoms with Gasteiger partial charge in [0, 0.05) is 23.4 Å². The number of nitrogens with one attached hydrogen (secondary N) is 3. The number of nitrogens with two attached hydrogens (primary N) is 1. The first-order valence-electron chi connectivity index (χ1n) is 6.55. The van der Waals surface area contributed by atoms with E-state index in [4.69, 9.17) is 5.73 Å². The number of carbonyl (C=O) groups excluding carboxylic acids is 1. The van der Waals surface area contributed by atoms with E-state index in [2.05, 4.69) is 26.9 Å². The van der Waals surface area contributed by atoms with Crippen molar-refractivity contribution in [2.24, 2.45) is 5.73 Å². The van der Waals surface area contributed by atoms with Crippen LogP contribution in [-0.4, -0.2) is 29.3 Å². The Bertz CT molecular complexity index is 750. The summed E-state index contributed by atoms with van der Waals surface area (Å²) in [6.07, 6.45) is 0. The third-order valence-electron chi connectivity index (χ3n) is 3.03. The summed E-state index contributed by atoms with van der Waals surface area (Å²) in [5, 5.41) is 15.3. The fourth-order valence-corrected chi connectivity index (χ4v) is 2.77. The topological polar surface area (TPSA) is 95.8 Å². The third-order valence-corrected chi connectivity index (χ3v) is 3.95. The molecular formula is C14H15N5OS. The second-order valence-corrected chi connectivity index (χ2v) is 5.43. The van der Waals surface area contributed by atoms with Gasteiger partial charge in [0.1, 0.15) is 0 Å². The van der Waals surface area contributed by atoms with Crippen molar-refractivity contribution in [1.82, 2.24) is 15.5 Å². The smallest absolute Gasteiger partial charge is 0.320 e. The molecule has 2 heterocycles. The van der Waals surface area contributed by atoms with Crippen molar-refractivity contribution in [3.8, 4) is 10.4 Å². The lowest BCUT2D eigenvalue weighted by Gasteiger charge is -2.04. The molecule has 3 rings (SSSR count). The lowest BCUT2D eigenvalue weighted by molar-refractivity contribution is 0.252. The summed E-state index contributed by atoms with van der Waals surface area (Å²) in [7, 11) is 0. The number of fused-ring (bicyclic) bond motifs is 1. The molecule has 6 nitrogen and oxygen atoms in total. The van der Waals surface area contributed by atoms with Gasteiger partial charge in [-0.25, -0.2) is 4.79 Å². The largest absolute Gasteiger partial charge is 0.337 e. The van der Waals surface area contributed by atoms with Gasteiger partial charge in [-0.15, -0.1) is 11.3 Å².